The summed E-state index contributed by atoms with van der Waals surface area (Å²) in [4.78, 5) is 0. The van der Waals surface area contributed by atoms with E-state index in [2.05, 4.69) is 31.9 Å². The van der Waals surface area contributed by atoms with Gasteiger partial charge in [-0.25, -0.2) is 0 Å². The molecule has 0 aliphatic rings. The van der Waals surface area contributed by atoms with Crippen molar-refractivity contribution in [2.45, 2.75) is 6.29 Å². The normalized spacial score (nSPS) is 11.0. The van der Waals surface area contributed by atoms with Gasteiger partial charge in [-0.15, -0.1) is 0 Å². The molecule has 4 nitrogen and oxygen atoms in total. The summed E-state index contributed by atoms with van der Waals surface area (Å²) < 4.78 is 22.3. The van der Waals surface area contributed by atoms with Crippen molar-refractivity contribution in [3.05, 3.63) is 28.2 Å². The number of halogens is 2. The molecule has 1 aromatic rings. The Morgan fingerprint density at radius 1 is 1.11 bits per heavy atom. The average molecular weight is 398 g/mol. The van der Waals surface area contributed by atoms with Crippen molar-refractivity contribution in [3.8, 4) is 5.75 Å². The smallest absolute Gasteiger partial charge is 0.184 e. The maximum Gasteiger partial charge on any atom is 0.184 e. The fraction of sp³-hybridized carbons (Fsp3) is 0.538. The van der Waals surface area contributed by atoms with Crippen molar-refractivity contribution in [3.63, 3.8) is 0 Å². The topological polar surface area (TPSA) is 36.9 Å². The molecule has 0 aliphatic heterocycles. The van der Waals surface area contributed by atoms with Crippen LogP contribution in [0.3, 0.4) is 0 Å². The van der Waals surface area contributed by atoms with E-state index in [0.29, 0.717) is 19.8 Å². The van der Waals surface area contributed by atoms with Gasteiger partial charge in [-0.2, -0.15) is 0 Å². The van der Waals surface area contributed by atoms with Crippen LogP contribution < -0.4 is 4.74 Å². The van der Waals surface area contributed by atoms with Crippen LogP contribution in [0, 0.1) is 0 Å². The standard InChI is InChI=1S/C13H18Br2O4/c1-16-13(17-2)11-9-10(3-4-12(11)15)19-8-7-18-6-5-14/h3-4,9,13H,5-8H2,1-2H3. The van der Waals surface area contributed by atoms with Gasteiger partial charge in [0.15, 0.2) is 6.29 Å². The van der Waals surface area contributed by atoms with Crippen LogP contribution in [0.4, 0.5) is 0 Å². The first kappa shape index (κ1) is 16.9. The Kier molecular flexibility index (Phi) is 8.65. The van der Waals surface area contributed by atoms with Crippen LogP contribution in [0.5, 0.6) is 5.75 Å². The largest absolute Gasteiger partial charge is 0.491 e. The van der Waals surface area contributed by atoms with Crippen molar-refractivity contribution in [1.82, 2.24) is 0 Å². The summed E-state index contributed by atoms with van der Waals surface area (Å²) >= 11 is 6.77. The summed E-state index contributed by atoms with van der Waals surface area (Å²) in [6, 6.07) is 5.70. The third-order valence-corrected chi connectivity index (χ3v) is 3.41. The summed E-state index contributed by atoms with van der Waals surface area (Å²) in [5.74, 6) is 0.764. The van der Waals surface area contributed by atoms with E-state index in [0.717, 1.165) is 21.1 Å². The van der Waals surface area contributed by atoms with Crippen LogP contribution in [-0.4, -0.2) is 39.4 Å². The molecule has 6 heteroatoms. The summed E-state index contributed by atoms with van der Waals surface area (Å²) in [5.41, 5.74) is 0.892. The molecule has 0 aromatic heterocycles. The van der Waals surface area contributed by atoms with Gasteiger partial charge in [0.05, 0.1) is 13.2 Å². The third-order valence-electron chi connectivity index (χ3n) is 2.37. The van der Waals surface area contributed by atoms with Crippen molar-refractivity contribution in [1.29, 1.82) is 0 Å². The van der Waals surface area contributed by atoms with Crippen molar-refractivity contribution in [2.75, 3.05) is 39.4 Å². The lowest BCUT2D eigenvalue weighted by Crippen LogP contribution is -2.09. The minimum absolute atomic E-state index is 0.414. The lowest BCUT2D eigenvalue weighted by atomic mass is 10.2. The van der Waals surface area contributed by atoms with E-state index >= 15 is 0 Å². The van der Waals surface area contributed by atoms with E-state index < -0.39 is 6.29 Å². The van der Waals surface area contributed by atoms with Crippen LogP contribution >= 0.6 is 31.9 Å². The monoisotopic (exact) mass is 396 g/mol. The third kappa shape index (κ3) is 5.79. The van der Waals surface area contributed by atoms with Gasteiger partial charge >= 0.3 is 0 Å². The van der Waals surface area contributed by atoms with Crippen molar-refractivity contribution >= 4 is 31.9 Å². The molecule has 0 heterocycles. The number of ether oxygens (including phenoxy) is 4. The molecule has 0 radical (unpaired) electrons. The van der Waals surface area contributed by atoms with Gasteiger partial charge in [0.1, 0.15) is 12.4 Å². The predicted octanol–water partition coefficient (Wildman–Crippen LogP) is 3.53. The van der Waals surface area contributed by atoms with E-state index in [1.165, 1.54) is 0 Å². The molecule has 0 unspecified atom stereocenters. The van der Waals surface area contributed by atoms with Crippen molar-refractivity contribution < 1.29 is 18.9 Å². The van der Waals surface area contributed by atoms with E-state index in [1.807, 2.05) is 18.2 Å². The SMILES string of the molecule is COC(OC)c1cc(OCCOCCBr)ccc1Br. The molecule has 19 heavy (non-hydrogen) atoms. The Hall–Kier alpha value is -0.140. The van der Waals surface area contributed by atoms with Crippen LogP contribution in [0.2, 0.25) is 0 Å². The molecule has 0 spiro atoms. The Morgan fingerprint density at radius 2 is 1.84 bits per heavy atom. The highest BCUT2D eigenvalue weighted by atomic mass is 79.9. The fourth-order valence-corrected chi connectivity index (χ4v) is 2.18. The molecule has 1 rings (SSSR count). The van der Waals surface area contributed by atoms with Crippen LogP contribution in [-0.2, 0) is 14.2 Å². The second-order valence-electron chi connectivity index (χ2n) is 3.64. The molecule has 0 bridgehead atoms. The molecule has 0 atom stereocenters. The number of hydrogen-bond acceptors (Lipinski definition) is 4. The van der Waals surface area contributed by atoms with Gasteiger partial charge in [0.25, 0.3) is 0 Å². The number of methoxy groups -OCH3 is 2. The van der Waals surface area contributed by atoms with Gasteiger partial charge in [0.2, 0.25) is 0 Å². The first-order valence-electron chi connectivity index (χ1n) is 5.84. The molecule has 0 aliphatic carbocycles. The molecule has 0 N–H and O–H groups in total. The van der Waals surface area contributed by atoms with Gasteiger partial charge in [-0.05, 0) is 18.2 Å². The molecule has 0 fully saturated rings. The zero-order valence-corrected chi connectivity index (χ0v) is 14.2. The quantitative estimate of drug-likeness (QED) is 0.363. The second-order valence-corrected chi connectivity index (χ2v) is 5.28. The first-order chi connectivity index (χ1) is 9.22. The van der Waals surface area contributed by atoms with Crippen LogP contribution in [0.1, 0.15) is 11.9 Å². The molecule has 0 saturated carbocycles. The minimum Gasteiger partial charge on any atom is -0.491 e. The van der Waals surface area contributed by atoms with Gasteiger partial charge < -0.3 is 18.9 Å². The number of rotatable bonds is 9. The highest BCUT2D eigenvalue weighted by Gasteiger charge is 2.13. The average Bonchev–Trinajstić information content (AvgIpc) is 2.43. The molecule has 0 amide bonds. The maximum atomic E-state index is 5.62. The van der Waals surface area contributed by atoms with E-state index in [-0.39, 0.29) is 0 Å². The molecule has 0 saturated heterocycles. The molecular formula is C13H18Br2O4. The Labute approximate surface area is 130 Å². The molecular weight excluding hydrogens is 380 g/mol. The summed E-state index contributed by atoms with van der Waals surface area (Å²) in [6.45, 7) is 1.76. The lowest BCUT2D eigenvalue weighted by Gasteiger charge is -2.16. The number of benzene rings is 1. The zero-order valence-electron chi connectivity index (χ0n) is 11.0. The fourth-order valence-electron chi connectivity index (χ4n) is 1.52. The van der Waals surface area contributed by atoms with Gasteiger partial charge in [-0.3, -0.25) is 0 Å². The lowest BCUT2D eigenvalue weighted by molar-refractivity contribution is -0.106. The van der Waals surface area contributed by atoms with E-state index in [1.54, 1.807) is 14.2 Å². The van der Waals surface area contributed by atoms with E-state index in [9.17, 15) is 0 Å². The Morgan fingerprint density at radius 3 is 2.47 bits per heavy atom. The van der Waals surface area contributed by atoms with Crippen LogP contribution in [0.25, 0.3) is 0 Å². The first-order valence-corrected chi connectivity index (χ1v) is 7.76. The number of hydrogen-bond donors (Lipinski definition) is 0. The Bertz CT molecular complexity index is 370. The van der Waals surface area contributed by atoms with Crippen molar-refractivity contribution in [2.24, 2.45) is 0 Å². The molecule has 1 aromatic carbocycles. The summed E-state index contributed by atoms with van der Waals surface area (Å²) in [7, 11) is 3.20. The van der Waals surface area contributed by atoms with Gasteiger partial charge in [-0.1, -0.05) is 31.9 Å². The summed E-state index contributed by atoms with van der Waals surface area (Å²) in [5, 5.41) is 0.832. The second kappa shape index (κ2) is 9.72. The maximum absolute atomic E-state index is 5.62. The Balaban J connectivity index is 2.58. The number of alkyl halides is 1. The highest BCUT2D eigenvalue weighted by Crippen LogP contribution is 2.29. The van der Waals surface area contributed by atoms with Crippen LogP contribution in [0.15, 0.2) is 22.7 Å². The molecule has 108 valence electrons. The summed E-state index contributed by atoms with van der Waals surface area (Å²) in [6.07, 6.45) is -0.414. The van der Waals surface area contributed by atoms with E-state index in [4.69, 9.17) is 18.9 Å². The zero-order chi connectivity index (χ0) is 14.1. The highest BCUT2D eigenvalue weighted by molar-refractivity contribution is 9.10. The predicted molar refractivity (Wildman–Crippen MR) is 81.0 cm³/mol. The van der Waals surface area contributed by atoms with Gasteiger partial charge in [0, 0.05) is 29.6 Å². The minimum atomic E-state index is -0.414.